The molecule has 0 aromatic heterocycles. The highest BCUT2D eigenvalue weighted by atomic mass is 16.7. The third-order valence-corrected chi connectivity index (χ3v) is 3.47. The SMILES string of the molecule is CC(=O)N[C@H]1[C@H]([C@H](OC(C)=O)[C@H](O)CO)O[C@](O)(C(=O)[O-])C[C@@H]1O. The number of aliphatic carboxylic acids is 1. The van der Waals surface area contributed by atoms with E-state index in [1.165, 1.54) is 0 Å². The Bertz CT molecular complexity index is 497. The van der Waals surface area contributed by atoms with Gasteiger partial charge in [-0.15, -0.1) is 0 Å². The van der Waals surface area contributed by atoms with E-state index >= 15 is 0 Å². The average molecular weight is 350 g/mol. The van der Waals surface area contributed by atoms with E-state index in [9.17, 15) is 34.8 Å². The van der Waals surface area contributed by atoms with Gasteiger partial charge >= 0.3 is 5.97 Å². The number of ether oxygens (including phenoxy) is 2. The number of carboxylic acid groups (broad SMARTS) is 1. The smallest absolute Gasteiger partial charge is 0.303 e. The first-order valence-electron chi connectivity index (χ1n) is 7.04. The van der Waals surface area contributed by atoms with E-state index in [1.807, 2.05) is 0 Å². The monoisotopic (exact) mass is 350 g/mol. The van der Waals surface area contributed by atoms with Gasteiger partial charge in [-0.25, -0.2) is 0 Å². The van der Waals surface area contributed by atoms with Crippen LogP contribution in [0.3, 0.4) is 0 Å². The van der Waals surface area contributed by atoms with Crippen LogP contribution in [0.2, 0.25) is 0 Å². The third-order valence-electron chi connectivity index (χ3n) is 3.47. The van der Waals surface area contributed by atoms with Crippen molar-refractivity contribution in [3.05, 3.63) is 0 Å². The number of carboxylic acids is 1. The molecule has 1 aliphatic heterocycles. The fourth-order valence-corrected chi connectivity index (χ4v) is 2.45. The maximum atomic E-state index is 11.3. The summed E-state index contributed by atoms with van der Waals surface area (Å²) in [6, 6.07) is -1.33. The zero-order chi connectivity index (χ0) is 18.7. The summed E-state index contributed by atoms with van der Waals surface area (Å²) in [5.74, 6) is -6.54. The Hall–Kier alpha value is -1.79. The molecule has 0 aliphatic carbocycles. The zero-order valence-corrected chi connectivity index (χ0v) is 13.0. The summed E-state index contributed by atoms with van der Waals surface area (Å²) in [6.07, 6.45) is -7.54. The summed E-state index contributed by atoms with van der Waals surface area (Å²) in [5, 5.41) is 52.3. The standard InChI is InChI=1S/C13H21NO10/c1-5(16)14-9-7(18)3-13(22,12(20)21)24-11(9)10(8(19)4-15)23-6(2)17/h7-11,15,18-19,22H,3-4H2,1-2H3,(H,14,16)(H,20,21)/p-1/t7-,8+,9+,10+,11+,13-/m0/s1. The minimum Gasteiger partial charge on any atom is -0.544 e. The van der Waals surface area contributed by atoms with Crippen LogP contribution in [0.5, 0.6) is 0 Å². The second kappa shape index (κ2) is 7.85. The van der Waals surface area contributed by atoms with Crippen molar-refractivity contribution in [3.8, 4) is 0 Å². The van der Waals surface area contributed by atoms with E-state index in [0.29, 0.717) is 0 Å². The topological polar surface area (TPSA) is 186 Å². The molecule has 11 nitrogen and oxygen atoms in total. The average Bonchev–Trinajstić information content (AvgIpc) is 2.46. The number of amides is 1. The maximum Gasteiger partial charge on any atom is 0.303 e. The molecule has 138 valence electrons. The normalized spacial score (nSPS) is 32.5. The molecule has 0 saturated carbocycles. The lowest BCUT2D eigenvalue weighted by Crippen LogP contribution is -2.69. The zero-order valence-electron chi connectivity index (χ0n) is 13.0. The number of hydrogen-bond donors (Lipinski definition) is 5. The molecule has 5 N–H and O–H groups in total. The molecule has 1 amide bonds. The third kappa shape index (κ3) is 4.61. The molecule has 1 aliphatic rings. The molecule has 0 radical (unpaired) electrons. The van der Waals surface area contributed by atoms with Gasteiger partial charge in [0, 0.05) is 20.3 Å². The molecule has 0 aromatic carbocycles. The van der Waals surface area contributed by atoms with Crippen molar-refractivity contribution in [1.29, 1.82) is 0 Å². The maximum absolute atomic E-state index is 11.3. The fourth-order valence-electron chi connectivity index (χ4n) is 2.45. The van der Waals surface area contributed by atoms with Gasteiger partial charge in [0.15, 0.2) is 6.10 Å². The molecule has 0 bridgehead atoms. The Labute approximate surface area is 136 Å². The van der Waals surface area contributed by atoms with Gasteiger partial charge in [0.25, 0.3) is 0 Å². The van der Waals surface area contributed by atoms with E-state index in [1.54, 1.807) is 0 Å². The van der Waals surface area contributed by atoms with E-state index < -0.39 is 67.1 Å². The second-order valence-corrected chi connectivity index (χ2v) is 5.48. The van der Waals surface area contributed by atoms with E-state index in [4.69, 9.17) is 14.6 Å². The van der Waals surface area contributed by atoms with Crippen molar-refractivity contribution < 1.29 is 49.4 Å². The Kier molecular flexibility index (Phi) is 6.63. The molecular formula is C13H20NO10-. The fraction of sp³-hybridized carbons (Fsp3) is 0.769. The molecule has 0 spiro atoms. The Balaban J connectivity index is 3.25. The van der Waals surface area contributed by atoms with Crippen molar-refractivity contribution in [2.24, 2.45) is 0 Å². The summed E-state index contributed by atoms with van der Waals surface area (Å²) >= 11 is 0. The van der Waals surface area contributed by atoms with E-state index in [0.717, 1.165) is 13.8 Å². The summed E-state index contributed by atoms with van der Waals surface area (Å²) < 4.78 is 9.79. The quantitative estimate of drug-likeness (QED) is 0.292. The molecule has 0 unspecified atom stereocenters. The van der Waals surface area contributed by atoms with Gasteiger partial charge < -0.3 is 45.1 Å². The van der Waals surface area contributed by atoms with Crippen LogP contribution in [0.4, 0.5) is 0 Å². The number of aliphatic hydroxyl groups is 4. The first kappa shape index (κ1) is 20.3. The molecule has 11 heteroatoms. The molecule has 1 heterocycles. The van der Waals surface area contributed by atoms with Crippen molar-refractivity contribution in [1.82, 2.24) is 5.32 Å². The predicted octanol–water partition coefficient (Wildman–Crippen LogP) is -4.64. The first-order chi connectivity index (χ1) is 11.0. The van der Waals surface area contributed by atoms with Crippen LogP contribution in [-0.4, -0.2) is 81.1 Å². The number of hydrogen-bond acceptors (Lipinski definition) is 10. The lowest BCUT2D eigenvalue weighted by atomic mass is 9.88. The number of carbonyl (C=O) groups excluding carboxylic acids is 3. The highest BCUT2D eigenvalue weighted by Gasteiger charge is 2.52. The Morgan fingerprint density at radius 2 is 2.00 bits per heavy atom. The largest absolute Gasteiger partial charge is 0.544 e. The summed E-state index contributed by atoms with van der Waals surface area (Å²) in [5.41, 5.74) is 0. The van der Waals surface area contributed by atoms with E-state index in [2.05, 4.69) is 5.32 Å². The summed E-state index contributed by atoms with van der Waals surface area (Å²) in [6.45, 7) is 1.19. The van der Waals surface area contributed by atoms with Crippen LogP contribution < -0.4 is 10.4 Å². The molecule has 1 rings (SSSR count). The van der Waals surface area contributed by atoms with Gasteiger partial charge in [-0.1, -0.05) is 0 Å². The predicted molar refractivity (Wildman–Crippen MR) is 71.7 cm³/mol. The second-order valence-electron chi connectivity index (χ2n) is 5.48. The highest BCUT2D eigenvalue weighted by Crippen LogP contribution is 2.31. The number of carbonyl (C=O) groups is 3. The molecular weight excluding hydrogens is 330 g/mol. The lowest BCUT2D eigenvalue weighted by Gasteiger charge is -2.47. The van der Waals surface area contributed by atoms with Crippen molar-refractivity contribution in [2.45, 2.75) is 56.5 Å². The minimum absolute atomic E-state index is 0.633. The van der Waals surface area contributed by atoms with Gasteiger partial charge in [0.2, 0.25) is 11.7 Å². The van der Waals surface area contributed by atoms with Crippen molar-refractivity contribution in [3.63, 3.8) is 0 Å². The van der Waals surface area contributed by atoms with Crippen LogP contribution in [0.15, 0.2) is 0 Å². The van der Waals surface area contributed by atoms with Gasteiger partial charge in [0.05, 0.1) is 18.8 Å². The summed E-state index contributed by atoms with van der Waals surface area (Å²) in [7, 11) is 0. The Morgan fingerprint density at radius 1 is 1.42 bits per heavy atom. The van der Waals surface area contributed by atoms with Crippen LogP contribution in [-0.2, 0) is 23.9 Å². The van der Waals surface area contributed by atoms with Crippen molar-refractivity contribution in [2.75, 3.05) is 6.61 Å². The Morgan fingerprint density at radius 3 is 2.42 bits per heavy atom. The number of aliphatic hydroxyl groups excluding tert-OH is 3. The number of rotatable bonds is 6. The van der Waals surface area contributed by atoms with Crippen LogP contribution in [0.25, 0.3) is 0 Å². The van der Waals surface area contributed by atoms with Crippen LogP contribution in [0.1, 0.15) is 20.3 Å². The molecule has 1 fully saturated rings. The number of nitrogens with one attached hydrogen (secondary N) is 1. The van der Waals surface area contributed by atoms with Crippen LogP contribution in [0, 0.1) is 0 Å². The minimum atomic E-state index is -2.94. The molecule has 0 aromatic rings. The molecule has 1 saturated heterocycles. The van der Waals surface area contributed by atoms with Gasteiger partial charge in [-0.2, -0.15) is 0 Å². The van der Waals surface area contributed by atoms with E-state index in [-0.39, 0.29) is 0 Å². The van der Waals surface area contributed by atoms with Gasteiger partial charge in [-0.05, 0) is 0 Å². The van der Waals surface area contributed by atoms with Gasteiger partial charge in [0.1, 0.15) is 18.2 Å². The molecule has 6 atom stereocenters. The number of esters is 1. The lowest BCUT2D eigenvalue weighted by molar-refractivity contribution is -0.374. The van der Waals surface area contributed by atoms with Gasteiger partial charge in [-0.3, -0.25) is 9.59 Å². The first-order valence-corrected chi connectivity index (χ1v) is 7.04. The van der Waals surface area contributed by atoms with Crippen molar-refractivity contribution >= 4 is 17.8 Å². The molecule has 24 heavy (non-hydrogen) atoms. The van der Waals surface area contributed by atoms with Crippen LogP contribution >= 0.6 is 0 Å². The summed E-state index contributed by atoms with van der Waals surface area (Å²) in [4.78, 5) is 33.6. The highest BCUT2D eigenvalue weighted by molar-refractivity contribution is 5.75.